The van der Waals surface area contributed by atoms with E-state index in [2.05, 4.69) is 40.3 Å². The molecule has 0 spiro atoms. The molecule has 159 valence electrons. The Morgan fingerprint density at radius 3 is 2.00 bits per heavy atom. The van der Waals surface area contributed by atoms with E-state index in [4.69, 9.17) is 0 Å². The number of aromatic nitrogens is 2. The van der Waals surface area contributed by atoms with Crippen molar-refractivity contribution in [2.75, 3.05) is 0 Å². The van der Waals surface area contributed by atoms with Gasteiger partial charge in [-0.05, 0) is 28.6 Å². The normalized spacial score (nSPS) is 9.78. The van der Waals surface area contributed by atoms with Gasteiger partial charge < -0.3 is 9.97 Å². The first-order valence-corrected chi connectivity index (χ1v) is 9.87. The topological polar surface area (TPSA) is 25.8 Å². The number of nitrogens with zero attached hydrogens (tertiary/aromatic N) is 2. The van der Waals surface area contributed by atoms with E-state index in [0.717, 1.165) is 22.5 Å². The van der Waals surface area contributed by atoms with Crippen LogP contribution in [-0.4, -0.2) is 9.97 Å². The summed E-state index contributed by atoms with van der Waals surface area (Å²) in [7, 11) is 0. The Labute approximate surface area is 201 Å². The monoisotopic (exact) mass is 595 g/mol. The second-order valence-electron chi connectivity index (χ2n) is 6.70. The van der Waals surface area contributed by atoms with Gasteiger partial charge in [-0.1, -0.05) is 54.6 Å². The predicted octanol–water partition coefficient (Wildman–Crippen LogP) is 6.90. The van der Waals surface area contributed by atoms with Crippen LogP contribution in [0, 0.1) is 17.9 Å². The fourth-order valence-electron chi connectivity index (χ4n) is 3.02. The zero-order valence-electron chi connectivity index (χ0n) is 17.1. The van der Waals surface area contributed by atoms with E-state index in [0.29, 0.717) is 5.56 Å². The fourth-order valence-corrected chi connectivity index (χ4v) is 3.02. The number of halogens is 1. The maximum absolute atomic E-state index is 12.8. The smallest absolute Gasteiger partial charge is 0.0405 e. The van der Waals surface area contributed by atoms with Gasteiger partial charge in [-0.25, -0.2) is 4.39 Å². The maximum atomic E-state index is 12.8. The van der Waals surface area contributed by atoms with Gasteiger partial charge in [-0.2, -0.15) is 0 Å². The summed E-state index contributed by atoms with van der Waals surface area (Å²) in [4.78, 5) is 8.59. The summed E-state index contributed by atoms with van der Waals surface area (Å²) < 4.78 is 12.8. The molecule has 0 aliphatic heterocycles. The van der Waals surface area contributed by atoms with Crippen molar-refractivity contribution >= 4 is 0 Å². The number of hydrogen-bond acceptors (Lipinski definition) is 2. The first kappa shape index (κ1) is 23.2. The summed E-state index contributed by atoms with van der Waals surface area (Å²) in [5, 5.41) is 0. The molecule has 1 radical (unpaired) electrons. The molecule has 0 saturated heterocycles. The van der Waals surface area contributed by atoms with Gasteiger partial charge in [-0.15, -0.1) is 65.7 Å². The van der Waals surface area contributed by atoms with Crippen molar-refractivity contribution in [3.63, 3.8) is 0 Å². The van der Waals surface area contributed by atoms with Crippen LogP contribution in [0.4, 0.5) is 4.39 Å². The van der Waals surface area contributed by atoms with Gasteiger partial charge in [0, 0.05) is 38.3 Å². The van der Waals surface area contributed by atoms with E-state index in [1.807, 2.05) is 72.9 Å². The number of benzene rings is 3. The van der Waals surface area contributed by atoms with Gasteiger partial charge in [0.15, 0.2) is 0 Å². The van der Waals surface area contributed by atoms with Crippen LogP contribution in [0.25, 0.3) is 33.6 Å². The second-order valence-corrected chi connectivity index (χ2v) is 6.70. The van der Waals surface area contributed by atoms with Crippen molar-refractivity contribution in [1.29, 1.82) is 0 Å². The molecule has 0 atom stereocenters. The predicted molar refractivity (Wildman–Crippen MR) is 122 cm³/mol. The fraction of sp³-hybridized carbons (Fsp3) is 0. The van der Waals surface area contributed by atoms with E-state index in [1.165, 1.54) is 11.6 Å². The summed E-state index contributed by atoms with van der Waals surface area (Å²) in [5.41, 5.74) is 5.72. The third-order valence-corrected chi connectivity index (χ3v) is 4.56. The van der Waals surface area contributed by atoms with Crippen molar-refractivity contribution in [3.8, 4) is 33.6 Å². The van der Waals surface area contributed by atoms with E-state index in [-0.39, 0.29) is 25.9 Å². The Hall–Kier alpha value is -3.46. The van der Waals surface area contributed by atoms with Crippen molar-refractivity contribution in [3.05, 3.63) is 133 Å². The summed E-state index contributed by atoms with van der Waals surface area (Å²) in [6, 6.07) is 38.4. The Kier molecular flexibility index (Phi) is 8.56. The number of rotatable bonds is 3. The molecule has 0 saturated carbocycles. The molecule has 0 fully saturated rings. The molecule has 2 nitrogen and oxygen atoms in total. The number of pyridine rings is 2. The Morgan fingerprint density at radius 2 is 1.34 bits per heavy atom. The molecule has 2 heterocycles. The molecule has 32 heavy (non-hydrogen) atoms. The van der Waals surface area contributed by atoms with Crippen LogP contribution in [0.1, 0.15) is 0 Å². The van der Waals surface area contributed by atoms with Crippen LogP contribution in [-0.2, 0) is 20.1 Å². The Morgan fingerprint density at radius 1 is 0.594 bits per heavy atom. The molecule has 5 aromatic rings. The van der Waals surface area contributed by atoms with E-state index in [9.17, 15) is 4.39 Å². The van der Waals surface area contributed by atoms with Gasteiger partial charge in [0.05, 0.1) is 0 Å². The number of hydrogen-bond donors (Lipinski definition) is 0. The molecule has 0 aliphatic rings. The SMILES string of the molecule is Fc1[c-]c(-c2ccccn2)ccc1.[Ir].[c-]1ccccc1-c1ccc(-c2ccccc2)cn1. The van der Waals surface area contributed by atoms with Crippen LogP contribution >= 0.6 is 0 Å². The van der Waals surface area contributed by atoms with Crippen molar-refractivity contribution in [2.45, 2.75) is 0 Å². The quantitative estimate of drug-likeness (QED) is 0.213. The molecule has 5 rings (SSSR count). The third kappa shape index (κ3) is 6.27. The van der Waals surface area contributed by atoms with Crippen LogP contribution in [0.2, 0.25) is 0 Å². The molecule has 4 heteroatoms. The van der Waals surface area contributed by atoms with Gasteiger partial charge >= 0.3 is 0 Å². The molecular formula is C28H19FIrN2-2. The van der Waals surface area contributed by atoms with Crippen LogP contribution in [0.3, 0.4) is 0 Å². The molecule has 2 aromatic heterocycles. The van der Waals surface area contributed by atoms with Crippen molar-refractivity contribution < 1.29 is 24.5 Å². The van der Waals surface area contributed by atoms with Crippen molar-refractivity contribution in [1.82, 2.24) is 9.97 Å². The zero-order valence-corrected chi connectivity index (χ0v) is 19.5. The summed E-state index contributed by atoms with van der Waals surface area (Å²) in [6.45, 7) is 0. The minimum atomic E-state index is -0.358. The molecule has 0 N–H and O–H groups in total. The largest absolute Gasteiger partial charge is 0.305 e. The average molecular weight is 595 g/mol. The summed E-state index contributed by atoms with van der Waals surface area (Å²) >= 11 is 0. The standard InChI is InChI=1S/C17H12N.C11H7FN.Ir/c1-3-7-14(8-4-1)16-11-12-17(18-13-16)15-9-5-2-6-10-15;12-10-5-3-4-9(8-10)11-6-1-2-7-13-11;/h1-9,11-13H;1-7H;/q2*-1;. The van der Waals surface area contributed by atoms with E-state index in [1.54, 1.807) is 18.3 Å². The summed E-state index contributed by atoms with van der Waals surface area (Å²) in [6.07, 6.45) is 3.58. The molecule has 0 amide bonds. The minimum absolute atomic E-state index is 0. The first-order valence-electron chi connectivity index (χ1n) is 9.87. The average Bonchev–Trinajstić information content (AvgIpc) is 2.86. The van der Waals surface area contributed by atoms with Crippen molar-refractivity contribution in [2.24, 2.45) is 0 Å². The van der Waals surface area contributed by atoms with E-state index < -0.39 is 0 Å². The van der Waals surface area contributed by atoms with Gasteiger partial charge in [-0.3, -0.25) is 0 Å². The van der Waals surface area contributed by atoms with E-state index >= 15 is 0 Å². The molecular weight excluding hydrogens is 576 g/mol. The van der Waals surface area contributed by atoms with Gasteiger partial charge in [0.25, 0.3) is 0 Å². The Bertz CT molecular complexity index is 1150. The second kappa shape index (κ2) is 11.8. The maximum Gasteiger partial charge on any atom is 0.0405 e. The van der Waals surface area contributed by atoms with Crippen LogP contribution in [0.15, 0.2) is 116 Å². The van der Waals surface area contributed by atoms with Crippen LogP contribution < -0.4 is 0 Å². The molecule has 3 aromatic carbocycles. The van der Waals surface area contributed by atoms with Gasteiger partial charge in [0.1, 0.15) is 0 Å². The Balaban J connectivity index is 0.000000184. The van der Waals surface area contributed by atoms with Gasteiger partial charge in [0.2, 0.25) is 0 Å². The molecule has 0 aliphatic carbocycles. The summed E-state index contributed by atoms with van der Waals surface area (Å²) in [5.74, 6) is -0.358. The third-order valence-electron chi connectivity index (χ3n) is 4.56. The first-order chi connectivity index (χ1) is 15.3. The minimum Gasteiger partial charge on any atom is -0.305 e. The van der Waals surface area contributed by atoms with Crippen LogP contribution in [0.5, 0.6) is 0 Å². The zero-order chi connectivity index (χ0) is 21.3. The molecule has 0 unspecified atom stereocenters. The molecule has 0 bridgehead atoms.